The lowest BCUT2D eigenvalue weighted by atomic mass is 9.65. The maximum Gasteiger partial charge on any atom is 0.315 e. The number of nitrogens with zero attached hydrogens (tertiary/aromatic N) is 1. The third-order valence-corrected chi connectivity index (χ3v) is 8.57. The Kier molecular flexibility index (Phi) is 10.9. The second kappa shape index (κ2) is 13.6. The molecule has 1 aromatic rings. The SMILES string of the molecule is CNC[C@H](CC1CCCCC1)C1C([C@@](O)(CCCCOC)c2cccc(C)c2)CCCN1C(N)=O. The molecule has 0 bridgehead atoms. The molecule has 2 aliphatic rings. The fourth-order valence-electron chi connectivity index (χ4n) is 6.94. The van der Waals surface area contributed by atoms with Gasteiger partial charge in [-0.2, -0.15) is 0 Å². The maximum atomic E-state index is 12.8. The highest BCUT2D eigenvalue weighted by molar-refractivity contribution is 5.72. The van der Waals surface area contributed by atoms with E-state index in [0.29, 0.717) is 25.5 Å². The minimum Gasteiger partial charge on any atom is -0.385 e. The number of nitrogens with two attached hydrogens (primary N) is 1. The number of primary amides is 1. The molecule has 2 unspecified atom stereocenters. The van der Waals surface area contributed by atoms with Crippen LogP contribution in [-0.4, -0.2) is 55.9 Å². The van der Waals surface area contributed by atoms with Gasteiger partial charge in [-0.25, -0.2) is 4.79 Å². The summed E-state index contributed by atoms with van der Waals surface area (Å²) >= 11 is 0. The smallest absolute Gasteiger partial charge is 0.315 e. The number of carbonyl (C=O) groups excluding carboxylic acids is 1. The standard InChI is InChI=1S/C29H49N3O3/c1-22-11-9-14-25(19-22)29(34,16-7-8-18-35-3)26-15-10-17-32(28(30)33)27(26)24(21-31-2)20-23-12-5-4-6-13-23/h9,11,14,19,23-24,26-27,31,34H,4-8,10,12-13,15-18,20-21H2,1-3H3,(H2,30,33)/t24-,26?,27?,29+/m0/s1. The van der Waals surface area contributed by atoms with Crippen molar-refractivity contribution < 1.29 is 14.6 Å². The van der Waals surface area contributed by atoms with Crippen molar-refractivity contribution in [2.45, 2.75) is 89.2 Å². The second-order valence-electron chi connectivity index (χ2n) is 11.1. The van der Waals surface area contributed by atoms with Gasteiger partial charge < -0.3 is 25.8 Å². The van der Waals surface area contributed by atoms with Gasteiger partial charge in [0, 0.05) is 32.2 Å². The Morgan fingerprint density at radius 1 is 1.23 bits per heavy atom. The monoisotopic (exact) mass is 487 g/mol. The van der Waals surface area contributed by atoms with E-state index >= 15 is 0 Å². The van der Waals surface area contributed by atoms with Crippen LogP contribution < -0.4 is 11.1 Å². The summed E-state index contributed by atoms with van der Waals surface area (Å²) in [7, 11) is 3.72. The second-order valence-corrected chi connectivity index (χ2v) is 11.1. The Morgan fingerprint density at radius 3 is 2.66 bits per heavy atom. The van der Waals surface area contributed by atoms with Crippen LogP contribution in [0.4, 0.5) is 4.79 Å². The average Bonchev–Trinajstić information content (AvgIpc) is 2.86. The first kappa shape index (κ1) is 27.9. The lowest BCUT2D eigenvalue weighted by Gasteiger charge is -2.51. The molecule has 1 saturated heterocycles. The summed E-state index contributed by atoms with van der Waals surface area (Å²) in [5, 5.41) is 16.0. The summed E-state index contributed by atoms with van der Waals surface area (Å²) in [6.07, 6.45) is 11.8. The molecule has 2 amide bonds. The molecule has 6 nitrogen and oxygen atoms in total. The van der Waals surface area contributed by atoms with E-state index in [-0.39, 0.29) is 23.9 Å². The summed E-state index contributed by atoms with van der Waals surface area (Å²) < 4.78 is 5.29. The molecule has 1 aliphatic heterocycles. The highest BCUT2D eigenvalue weighted by atomic mass is 16.5. The lowest BCUT2D eigenvalue weighted by Crippen LogP contribution is -2.60. The lowest BCUT2D eigenvalue weighted by molar-refractivity contribution is -0.0935. The molecule has 1 heterocycles. The molecule has 0 aromatic heterocycles. The van der Waals surface area contributed by atoms with Crippen LogP contribution >= 0.6 is 0 Å². The van der Waals surface area contributed by atoms with Crippen LogP contribution in [0.1, 0.15) is 81.8 Å². The Balaban J connectivity index is 2.00. The topological polar surface area (TPSA) is 87.8 Å². The van der Waals surface area contributed by atoms with Crippen LogP contribution in [0, 0.1) is 24.7 Å². The van der Waals surface area contributed by atoms with Gasteiger partial charge >= 0.3 is 6.03 Å². The maximum absolute atomic E-state index is 12.8. The number of aryl methyl sites for hydroxylation is 1. The molecule has 2 fully saturated rings. The van der Waals surface area contributed by atoms with Crippen molar-refractivity contribution >= 4 is 6.03 Å². The van der Waals surface area contributed by atoms with E-state index in [4.69, 9.17) is 10.5 Å². The Morgan fingerprint density at radius 2 is 2.00 bits per heavy atom. The zero-order valence-electron chi connectivity index (χ0n) is 22.3. The molecule has 1 saturated carbocycles. The molecule has 3 rings (SSSR count). The highest BCUT2D eigenvalue weighted by Crippen LogP contribution is 2.46. The quantitative estimate of drug-likeness (QED) is 0.364. The van der Waals surface area contributed by atoms with E-state index in [0.717, 1.165) is 49.8 Å². The number of piperidine rings is 1. The first-order valence-corrected chi connectivity index (χ1v) is 13.9. The molecule has 4 N–H and O–H groups in total. The predicted molar refractivity (Wildman–Crippen MR) is 142 cm³/mol. The average molecular weight is 488 g/mol. The summed E-state index contributed by atoms with van der Waals surface area (Å²) in [4.78, 5) is 14.7. The first-order valence-electron chi connectivity index (χ1n) is 13.9. The highest BCUT2D eigenvalue weighted by Gasteiger charge is 2.49. The largest absolute Gasteiger partial charge is 0.385 e. The van der Waals surface area contributed by atoms with Crippen LogP contribution in [0.2, 0.25) is 0 Å². The fraction of sp³-hybridized carbons (Fsp3) is 0.759. The van der Waals surface area contributed by atoms with E-state index in [1.54, 1.807) is 7.11 Å². The van der Waals surface area contributed by atoms with Gasteiger partial charge in [-0.05, 0) is 76.4 Å². The number of unbranched alkanes of at least 4 members (excludes halogenated alkanes) is 1. The van der Waals surface area contributed by atoms with Gasteiger partial charge in [-0.15, -0.1) is 0 Å². The van der Waals surface area contributed by atoms with Crippen molar-refractivity contribution in [1.29, 1.82) is 0 Å². The number of carbonyl (C=O) groups is 1. The number of hydrogen-bond acceptors (Lipinski definition) is 4. The van der Waals surface area contributed by atoms with Gasteiger partial charge in [0.2, 0.25) is 0 Å². The van der Waals surface area contributed by atoms with Gasteiger partial charge in [0.25, 0.3) is 0 Å². The van der Waals surface area contributed by atoms with Crippen molar-refractivity contribution in [3.8, 4) is 0 Å². The van der Waals surface area contributed by atoms with Crippen LogP contribution in [0.3, 0.4) is 0 Å². The summed E-state index contributed by atoms with van der Waals surface area (Å²) in [5.41, 5.74) is 7.10. The van der Waals surface area contributed by atoms with Gasteiger partial charge in [0.1, 0.15) is 0 Å². The van der Waals surface area contributed by atoms with E-state index < -0.39 is 5.60 Å². The number of urea groups is 1. The molecule has 4 atom stereocenters. The summed E-state index contributed by atoms with van der Waals surface area (Å²) in [6.45, 7) is 4.27. The number of ether oxygens (including phenoxy) is 1. The van der Waals surface area contributed by atoms with E-state index in [2.05, 4.69) is 30.4 Å². The van der Waals surface area contributed by atoms with Crippen molar-refractivity contribution in [1.82, 2.24) is 10.2 Å². The van der Waals surface area contributed by atoms with Crippen LogP contribution in [0.15, 0.2) is 24.3 Å². The van der Waals surface area contributed by atoms with E-state index in [1.807, 2.05) is 18.0 Å². The number of nitrogens with one attached hydrogen (secondary N) is 1. The van der Waals surface area contributed by atoms with Crippen molar-refractivity contribution in [2.75, 3.05) is 33.9 Å². The molecular weight excluding hydrogens is 438 g/mol. The predicted octanol–water partition coefficient (Wildman–Crippen LogP) is 4.96. The van der Waals surface area contributed by atoms with Crippen molar-refractivity contribution in [3.63, 3.8) is 0 Å². The molecule has 1 aliphatic carbocycles. The molecule has 0 radical (unpaired) electrons. The molecule has 0 spiro atoms. The Labute approximate surface area is 213 Å². The van der Waals surface area contributed by atoms with Gasteiger partial charge in [-0.3, -0.25) is 0 Å². The van der Waals surface area contributed by atoms with Gasteiger partial charge in [0.05, 0.1) is 5.60 Å². The first-order chi connectivity index (χ1) is 16.9. The Hall–Kier alpha value is -1.63. The number of benzene rings is 1. The normalized spacial score (nSPS) is 24.2. The van der Waals surface area contributed by atoms with Crippen molar-refractivity contribution in [2.24, 2.45) is 23.5 Å². The summed E-state index contributed by atoms with van der Waals surface area (Å²) in [6, 6.07) is 7.89. The van der Waals surface area contributed by atoms with Crippen molar-refractivity contribution in [3.05, 3.63) is 35.4 Å². The molecule has 6 heteroatoms. The third kappa shape index (κ3) is 7.21. The van der Waals surface area contributed by atoms with E-state index in [9.17, 15) is 9.90 Å². The minimum absolute atomic E-state index is 0.0602. The molecule has 198 valence electrons. The van der Waals surface area contributed by atoms with Crippen LogP contribution in [-0.2, 0) is 10.3 Å². The van der Waals surface area contributed by atoms with Gasteiger partial charge in [-0.1, -0.05) is 61.9 Å². The summed E-state index contributed by atoms with van der Waals surface area (Å²) in [5.74, 6) is 0.888. The number of aliphatic hydroxyl groups is 1. The Bertz CT molecular complexity index is 782. The number of amides is 2. The van der Waals surface area contributed by atoms with Crippen LogP contribution in [0.25, 0.3) is 0 Å². The van der Waals surface area contributed by atoms with E-state index in [1.165, 1.54) is 32.1 Å². The number of methoxy groups -OCH3 is 1. The number of hydrogen-bond donors (Lipinski definition) is 3. The molecular formula is C29H49N3O3. The molecule has 35 heavy (non-hydrogen) atoms. The fourth-order valence-corrected chi connectivity index (χ4v) is 6.94. The number of rotatable bonds is 12. The van der Waals surface area contributed by atoms with Crippen LogP contribution in [0.5, 0.6) is 0 Å². The zero-order chi connectivity index (χ0) is 25.3. The zero-order valence-corrected chi connectivity index (χ0v) is 22.3. The molecule has 1 aromatic carbocycles. The minimum atomic E-state index is -1.02. The van der Waals surface area contributed by atoms with Gasteiger partial charge in [0.15, 0.2) is 0 Å². The third-order valence-electron chi connectivity index (χ3n) is 8.57. The number of likely N-dealkylation sites (tertiary alicyclic amines) is 1.